The normalized spacial score (nSPS) is 19.5. The van der Waals surface area contributed by atoms with Crippen molar-refractivity contribution >= 4 is 22.6 Å². The minimum atomic E-state index is -1.33. The Morgan fingerprint density at radius 1 is 1.39 bits per heavy atom. The van der Waals surface area contributed by atoms with Gasteiger partial charge in [-0.2, -0.15) is 5.26 Å². The number of halogens is 1. The SMILES string of the molecule is CNC(C1CCN(c2c(F)cc3c(=O)c(C(=O)O)cn(C4CC4)c3c2OC)C1)C(C)(C)C#N. The lowest BCUT2D eigenvalue weighted by atomic mass is 9.78. The predicted octanol–water partition coefficient (Wildman–Crippen LogP) is 3.15. The van der Waals surface area contributed by atoms with Crippen LogP contribution in [0.2, 0.25) is 0 Å². The zero-order valence-corrected chi connectivity index (χ0v) is 19.3. The van der Waals surface area contributed by atoms with Crippen molar-refractivity contribution < 1.29 is 19.0 Å². The van der Waals surface area contributed by atoms with E-state index >= 15 is 4.39 Å². The number of carboxylic acid groups (broad SMARTS) is 1. The van der Waals surface area contributed by atoms with E-state index in [9.17, 15) is 20.0 Å². The summed E-state index contributed by atoms with van der Waals surface area (Å²) in [5.74, 6) is -1.60. The van der Waals surface area contributed by atoms with E-state index in [1.54, 1.807) is 4.57 Å². The van der Waals surface area contributed by atoms with Crippen molar-refractivity contribution in [1.29, 1.82) is 5.26 Å². The molecule has 2 N–H and O–H groups in total. The summed E-state index contributed by atoms with van der Waals surface area (Å²) in [5, 5.41) is 22.4. The highest BCUT2D eigenvalue weighted by Crippen LogP contribution is 2.45. The molecule has 0 spiro atoms. The first-order valence-electron chi connectivity index (χ1n) is 11.2. The second kappa shape index (κ2) is 8.34. The number of pyridine rings is 1. The third-order valence-corrected chi connectivity index (χ3v) is 6.96. The quantitative estimate of drug-likeness (QED) is 0.659. The van der Waals surface area contributed by atoms with E-state index in [0.717, 1.165) is 25.3 Å². The van der Waals surface area contributed by atoms with Gasteiger partial charge in [-0.05, 0) is 52.1 Å². The third kappa shape index (κ3) is 3.82. The molecular formula is C24H29FN4O4. The molecule has 2 heterocycles. The summed E-state index contributed by atoms with van der Waals surface area (Å²) in [7, 11) is 3.27. The van der Waals surface area contributed by atoms with Crippen LogP contribution in [0.25, 0.3) is 10.9 Å². The van der Waals surface area contributed by atoms with E-state index in [0.29, 0.717) is 18.6 Å². The molecule has 1 aliphatic heterocycles. The van der Waals surface area contributed by atoms with Crippen molar-refractivity contribution in [3.05, 3.63) is 33.9 Å². The number of fused-ring (bicyclic) bond motifs is 1. The maximum atomic E-state index is 15.5. The van der Waals surface area contributed by atoms with Crippen LogP contribution in [0.5, 0.6) is 5.75 Å². The Morgan fingerprint density at radius 2 is 2.09 bits per heavy atom. The lowest BCUT2D eigenvalue weighted by Crippen LogP contribution is -2.46. The molecule has 1 saturated carbocycles. The van der Waals surface area contributed by atoms with Crippen molar-refractivity contribution in [3.63, 3.8) is 0 Å². The van der Waals surface area contributed by atoms with Crippen LogP contribution in [0.1, 0.15) is 49.5 Å². The minimum absolute atomic E-state index is 0.00867. The number of aromatic nitrogens is 1. The van der Waals surface area contributed by atoms with E-state index in [1.807, 2.05) is 25.8 Å². The van der Waals surface area contributed by atoms with Gasteiger partial charge in [0, 0.05) is 31.4 Å². The number of hydrogen-bond donors (Lipinski definition) is 2. The van der Waals surface area contributed by atoms with Gasteiger partial charge in [-0.1, -0.05) is 0 Å². The molecule has 1 aliphatic carbocycles. The van der Waals surface area contributed by atoms with E-state index in [2.05, 4.69) is 11.4 Å². The first kappa shape index (κ1) is 23.1. The first-order chi connectivity index (χ1) is 15.6. The topological polar surface area (TPSA) is 108 Å². The fraction of sp³-hybridized carbons (Fsp3) is 0.542. The molecule has 2 atom stereocenters. The number of carboxylic acids is 1. The van der Waals surface area contributed by atoms with Crippen LogP contribution in [0.15, 0.2) is 17.1 Å². The summed E-state index contributed by atoms with van der Waals surface area (Å²) in [5.41, 5.74) is -0.989. The number of benzene rings is 1. The molecule has 0 radical (unpaired) electrons. The van der Waals surface area contributed by atoms with Gasteiger partial charge in [-0.3, -0.25) is 4.79 Å². The zero-order chi connectivity index (χ0) is 24.1. The van der Waals surface area contributed by atoms with E-state index < -0.39 is 22.6 Å². The summed E-state index contributed by atoms with van der Waals surface area (Å²) in [6.07, 6.45) is 3.83. The van der Waals surface area contributed by atoms with Gasteiger partial charge in [0.2, 0.25) is 5.43 Å². The van der Waals surface area contributed by atoms with Gasteiger partial charge in [0.25, 0.3) is 0 Å². The summed E-state index contributed by atoms with van der Waals surface area (Å²) >= 11 is 0. The molecule has 8 nitrogen and oxygen atoms in total. The Labute approximate surface area is 191 Å². The monoisotopic (exact) mass is 456 g/mol. The van der Waals surface area contributed by atoms with Crippen molar-refractivity contribution in [1.82, 2.24) is 9.88 Å². The molecule has 1 saturated heterocycles. The highest BCUT2D eigenvalue weighted by Gasteiger charge is 2.40. The Balaban J connectivity index is 1.85. The van der Waals surface area contributed by atoms with Crippen LogP contribution in [0.3, 0.4) is 0 Å². The number of anilines is 1. The number of methoxy groups -OCH3 is 1. The smallest absolute Gasteiger partial charge is 0.341 e. The highest BCUT2D eigenvalue weighted by molar-refractivity contribution is 5.97. The molecular weight excluding hydrogens is 427 g/mol. The lowest BCUT2D eigenvalue weighted by molar-refractivity contribution is 0.0694. The summed E-state index contributed by atoms with van der Waals surface area (Å²) < 4.78 is 22.9. The molecule has 2 aliphatic rings. The fourth-order valence-electron chi connectivity index (χ4n) is 5.24. The second-order valence-electron chi connectivity index (χ2n) is 9.55. The number of nitrogens with zero attached hydrogens (tertiary/aromatic N) is 3. The molecule has 1 aromatic carbocycles. The number of nitrogens with one attached hydrogen (secondary N) is 1. The van der Waals surface area contributed by atoms with Crippen molar-refractivity contribution in [2.24, 2.45) is 11.3 Å². The molecule has 176 valence electrons. The Morgan fingerprint density at radius 3 is 2.64 bits per heavy atom. The number of aromatic carboxylic acids is 1. The van der Waals surface area contributed by atoms with Gasteiger partial charge in [-0.15, -0.1) is 0 Å². The first-order valence-corrected chi connectivity index (χ1v) is 11.2. The van der Waals surface area contributed by atoms with E-state index in [4.69, 9.17) is 4.74 Å². The van der Waals surface area contributed by atoms with Crippen LogP contribution in [-0.2, 0) is 0 Å². The molecule has 2 unspecified atom stereocenters. The van der Waals surface area contributed by atoms with Crippen LogP contribution >= 0.6 is 0 Å². The highest BCUT2D eigenvalue weighted by atomic mass is 19.1. The van der Waals surface area contributed by atoms with Crippen molar-refractivity contribution in [2.75, 3.05) is 32.1 Å². The van der Waals surface area contributed by atoms with Crippen LogP contribution in [0, 0.1) is 28.5 Å². The van der Waals surface area contributed by atoms with Gasteiger partial charge in [-0.25, -0.2) is 9.18 Å². The second-order valence-corrected chi connectivity index (χ2v) is 9.55. The molecule has 0 amide bonds. The van der Waals surface area contributed by atoms with Crippen LogP contribution in [-0.4, -0.2) is 48.9 Å². The molecule has 0 bridgehead atoms. The molecule has 2 aromatic rings. The van der Waals surface area contributed by atoms with Crippen molar-refractivity contribution in [3.8, 4) is 11.8 Å². The van der Waals surface area contributed by atoms with E-state index in [-0.39, 0.29) is 40.4 Å². The average molecular weight is 457 g/mol. The zero-order valence-electron chi connectivity index (χ0n) is 19.3. The number of ether oxygens (including phenoxy) is 1. The summed E-state index contributed by atoms with van der Waals surface area (Å²) in [4.78, 5) is 26.4. The maximum Gasteiger partial charge on any atom is 0.341 e. The number of hydrogen-bond acceptors (Lipinski definition) is 6. The molecule has 2 fully saturated rings. The number of rotatable bonds is 7. The lowest BCUT2D eigenvalue weighted by Gasteiger charge is -2.33. The van der Waals surface area contributed by atoms with Crippen LogP contribution in [0.4, 0.5) is 10.1 Å². The minimum Gasteiger partial charge on any atom is -0.492 e. The van der Waals surface area contributed by atoms with Gasteiger partial charge >= 0.3 is 5.97 Å². The molecule has 9 heteroatoms. The summed E-state index contributed by atoms with van der Waals surface area (Å²) in [6.45, 7) is 4.88. The molecule has 1 aromatic heterocycles. The summed E-state index contributed by atoms with van der Waals surface area (Å²) in [6, 6.07) is 3.48. The van der Waals surface area contributed by atoms with Gasteiger partial charge < -0.3 is 24.6 Å². The average Bonchev–Trinajstić information content (AvgIpc) is 3.51. The standard InChI is InChI=1S/C24H29FN4O4/c1-24(2,12-26)22(27-3)13-7-8-28(10-13)19-17(25)9-15-18(21(19)33-4)29(14-5-6-14)11-16(20(15)30)23(31)32/h9,11,13-14,22,27H,5-8,10H2,1-4H3,(H,31,32). The Hall–Kier alpha value is -3.12. The maximum absolute atomic E-state index is 15.5. The van der Waals surface area contributed by atoms with Gasteiger partial charge in [0.05, 0.1) is 29.5 Å². The largest absolute Gasteiger partial charge is 0.492 e. The molecule has 4 rings (SSSR count). The third-order valence-electron chi connectivity index (χ3n) is 6.96. The Kier molecular flexibility index (Phi) is 5.83. The Bertz CT molecular complexity index is 1210. The molecule has 33 heavy (non-hydrogen) atoms. The number of nitriles is 1. The van der Waals surface area contributed by atoms with Gasteiger partial charge in [0.1, 0.15) is 11.3 Å². The number of carbonyl (C=O) groups is 1. The van der Waals surface area contributed by atoms with Gasteiger partial charge in [0.15, 0.2) is 11.6 Å². The predicted molar refractivity (Wildman–Crippen MR) is 123 cm³/mol. The fourth-order valence-corrected chi connectivity index (χ4v) is 5.24. The van der Waals surface area contributed by atoms with Crippen LogP contribution < -0.4 is 20.4 Å². The van der Waals surface area contributed by atoms with Crippen molar-refractivity contribution in [2.45, 2.75) is 45.2 Å². The van der Waals surface area contributed by atoms with E-state index in [1.165, 1.54) is 13.3 Å².